The van der Waals surface area contributed by atoms with E-state index in [1.165, 1.54) is 19.2 Å². The number of methoxy groups -OCH3 is 1. The second-order valence-electron chi connectivity index (χ2n) is 5.49. The van der Waals surface area contributed by atoms with E-state index in [0.29, 0.717) is 5.69 Å². The van der Waals surface area contributed by atoms with Crippen molar-refractivity contribution in [2.45, 2.75) is 26.2 Å². The Balaban J connectivity index is 2.43. The minimum Gasteiger partial charge on any atom is -0.507 e. The first-order valence-corrected chi connectivity index (χ1v) is 6.17. The first-order chi connectivity index (χ1) is 9.32. The van der Waals surface area contributed by atoms with Crippen LogP contribution in [0.4, 0.5) is 0 Å². The Hall–Kier alpha value is -2.37. The zero-order valence-electron chi connectivity index (χ0n) is 11.9. The van der Waals surface area contributed by atoms with Gasteiger partial charge in [-0.25, -0.2) is 9.48 Å². The van der Waals surface area contributed by atoms with Gasteiger partial charge in [0.2, 0.25) is 0 Å². The molecule has 0 fully saturated rings. The average Bonchev–Trinajstić information content (AvgIpc) is 2.88. The normalized spacial score (nSPS) is 11.4. The van der Waals surface area contributed by atoms with Crippen LogP contribution < -0.4 is 0 Å². The SMILES string of the molecule is COC(=O)c1cc(-n2cc(C(C)(C)C)nn2)ccc1O. The van der Waals surface area contributed by atoms with Gasteiger partial charge in [-0.1, -0.05) is 26.0 Å². The Kier molecular flexibility index (Phi) is 3.48. The molecular formula is C14H17N3O3. The van der Waals surface area contributed by atoms with Crippen LogP contribution in [0.1, 0.15) is 36.8 Å². The lowest BCUT2D eigenvalue weighted by Gasteiger charge is -2.13. The Morgan fingerprint density at radius 2 is 2.05 bits per heavy atom. The van der Waals surface area contributed by atoms with Gasteiger partial charge in [-0.15, -0.1) is 5.10 Å². The van der Waals surface area contributed by atoms with Crippen molar-refractivity contribution in [3.63, 3.8) is 0 Å². The molecule has 1 heterocycles. The lowest BCUT2D eigenvalue weighted by atomic mass is 9.93. The fourth-order valence-corrected chi connectivity index (χ4v) is 1.67. The summed E-state index contributed by atoms with van der Waals surface area (Å²) in [6.45, 7) is 6.12. The summed E-state index contributed by atoms with van der Waals surface area (Å²) in [7, 11) is 1.27. The molecule has 2 aromatic rings. The van der Waals surface area contributed by atoms with Crippen molar-refractivity contribution >= 4 is 5.97 Å². The molecule has 0 aliphatic rings. The summed E-state index contributed by atoms with van der Waals surface area (Å²) in [6.07, 6.45) is 1.80. The third-order valence-electron chi connectivity index (χ3n) is 2.91. The van der Waals surface area contributed by atoms with Crippen molar-refractivity contribution < 1.29 is 14.6 Å². The van der Waals surface area contributed by atoms with Gasteiger partial charge in [-0.05, 0) is 18.2 Å². The van der Waals surface area contributed by atoms with Crippen LogP contribution in [-0.2, 0) is 10.2 Å². The standard InChI is InChI=1S/C14H17N3O3/c1-14(2,3)12-8-17(16-15-12)9-5-6-11(18)10(7-9)13(19)20-4/h5-8,18H,1-4H3. The summed E-state index contributed by atoms with van der Waals surface area (Å²) >= 11 is 0. The predicted molar refractivity (Wildman–Crippen MR) is 73.1 cm³/mol. The molecule has 1 aromatic heterocycles. The number of phenolic OH excluding ortho intramolecular Hbond substituents is 1. The zero-order chi connectivity index (χ0) is 14.9. The van der Waals surface area contributed by atoms with Gasteiger partial charge in [0, 0.05) is 5.41 Å². The van der Waals surface area contributed by atoms with Gasteiger partial charge >= 0.3 is 5.97 Å². The molecule has 0 aliphatic heterocycles. The van der Waals surface area contributed by atoms with Crippen LogP contribution in [-0.4, -0.2) is 33.2 Å². The molecule has 0 saturated heterocycles. The third kappa shape index (κ3) is 2.64. The summed E-state index contributed by atoms with van der Waals surface area (Å²) in [5.74, 6) is -0.725. The van der Waals surface area contributed by atoms with Crippen LogP contribution in [0.15, 0.2) is 24.4 Å². The van der Waals surface area contributed by atoms with E-state index in [-0.39, 0.29) is 16.7 Å². The molecule has 20 heavy (non-hydrogen) atoms. The zero-order valence-corrected chi connectivity index (χ0v) is 11.9. The van der Waals surface area contributed by atoms with E-state index >= 15 is 0 Å². The minimum atomic E-state index is -0.597. The molecule has 6 nitrogen and oxygen atoms in total. The molecule has 106 valence electrons. The van der Waals surface area contributed by atoms with Crippen molar-refractivity contribution in [1.82, 2.24) is 15.0 Å². The molecule has 0 unspecified atom stereocenters. The first kappa shape index (κ1) is 14.0. The number of aromatic hydroxyl groups is 1. The third-order valence-corrected chi connectivity index (χ3v) is 2.91. The summed E-state index contributed by atoms with van der Waals surface area (Å²) < 4.78 is 6.19. The van der Waals surface area contributed by atoms with Crippen molar-refractivity contribution in [2.24, 2.45) is 0 Å². The van der Waals surface area contributed by atoms with Gasteiger partial charge in [-0.2, -0.15) is 0 Å². The molecule has 0 amide bonds. The van der Waals surface area contributed by atoms with Gasteiger partial charge < -0.3 is 9.84 Å². The van der Waals surface area contributed by atoms with Gasteiger partial charge in [0.25, 0.3) is 0 Å². The number of hydrogen-bond donors (Lipinski definition) is 1. The minimum absolute atomic E-state index is 0.0952. The van der Waals surface area contributed by atoms with E-state index in [2.05, 4.69) is 15.0 Å². The quantitative estimate of drug-likeness (QED) is 0.849. The number of nitrogens with zero attached hydrogens (tertiary/aromatic N) is 3. The van der Waals surface area contributed by atoms with Crippen molar-refractivity contribution in [1.29, 1.82) is 0 Å². The smallest absolute Gasteiger partial charge is 0.341 e. The van der Waals surface area contributed by atoms with Gasteiger partial charge in [0.15, 0.2) is 0 Å². The van der Waals surface area contributed by atoms with Crippen molar-refractivity contribution in [3.05, 3.63) is 35.7 Å². The number of phenols is 1. The molecule has 1 N–H and O–H groups in total. The number of rotatable bonds is 2. The summed E-state index contributed by atoms with van der Waals surface area (Å²) in [4.78, 5) is 11.6. The Morgan fingerprint density at radius 3 is 2.60 bits per heavy atom. The van der Waals surface area contributed by atoms with Crippen LogP contribution >= 0.6 is 0 Å². The summed E-state index contributed by atoms with van der Waals surface area (Å²) in [6, 6.07) is 4.60. The molecule has 0 bridgehead atoms. The number of carbonyl (C=O) groups excluding carboxylic acids is 1. The number of esters is 1. The van der Waals surface area contributed by atoms with Crippen LogP contribution in [0.3, 0.4) is 0 Å². The molecule has 0 spiro atoms. The molecule has 2 rings (SSSR count). The van der Waals surface area contributed by atoms with Crippen LogP contribution in [0.5, 0.6) is 5.75 Å². The predicted octanol–water partition coefficient (Wildman–Crippen LogP) is 2.06. The lowest BCUT2D eigenvalue weighted by Crippen LogP contribution is -2.11. The van der Waals surface area contributed by atoms with Crippen molar-refractivity contribution in [2.75, 3.05) is 7.11 Å². The van der Waals surface area contributed by atoms with Crippen LogP contribution in [0, 0.1) is 0 Å². The highest BCUT2D eigenvalue weighted by molar-refractivity contribution is 5.92. The second kappa shape index (κ2) is 4.96. The molecule has 0 saturated carbocycles. The van der Waals surface area contributed by atoms with Gasteiger partial charge in [0.05, 0.1) is 24.7 Å². The molecule has 0 radical (unpaired) electrons. The van der Waals surface area contributed by atoms with E-state index in [4.69, 9.17) is 0 Å². The van der Waals surface area contributed by atoms with E-state index in [1.54, 1.807) is 16.9 Å². The number of aromatic nitrogens is 3. The largest absolute Gasteiger partial charge is 0.507 e. The molecule has 0 aliphatic carbocycles. The van der Waals surface area contributed by atoms with E-state index < -0.39 is 5.97 Å². The Morgan fingerprint density at radius 1 is 1.35 bits per heavy atom. The number of carbonyl (C=O) groups is 1. The Bertz CT molecular complexity index is 641. The fourth-order valence-electron chi connectivity index (χ4n) is 1.67. The molecular weight excluding hydrogens is 258 g/mol. The highest BCUT2D eigenvalue weighted by Gasteiger charge is 2.19. The van der Waals surface area contributed by atoms with Crippen LogP contribution in [0.25, 0.3) is 5.69 Å². The summed E-state index contributed by atoms with van der Waals surface area (Å²) in [5.41, 5.74) is 1.45. The summed E-state index contributed by atoms with van der Waals surface area (Å²) in [5, 5.41) is 17.8. The van der Waals surface area contributed by atoms with Gasteiger partial charge in [-0.3, -0.25) is 0 Å². The van der Waals surface area contributed by atoms with E-state index in [1.807, 2.05) is 20.8 Å². The number of benzene rings is 1. The van der Waals surface area contributed by atoms with E-state index in [0.717, 1.165) is 5.69 Å². The average molecular weight is 275 g/mol. The van der Waals surface area contributed by atoms with Gasteiger partial charge in [0.1, 0.15) is 11.3 Å². The first-order valence-electron chi connectivity index (χ1n) is 6.17. The number of ether oxygens (including phenoxy) is 1. The molecule has 0 atom stereocenters. The highest BCUT2D eigenvalue weighted by Crippen LogP contribution is 2.23. The monoisotopic (exact) mass is 275 g/mol. The highest BCUT2D eigenvalue weighted by atomic mass is 16.5. The lowest BCUT2D eigenvalue weighted by molar-refractivity contribution is 0.0597. The maximum atomic E-state index is 11.6. The maximum absolute atomic E-state index is 11.6. The second-order valence-corrected chi connectivity index (χ2v) is 5.49. The number of hydrogen-bond acceptors (Lipinski definition) is 5. The van der Waals surface area contributed by atoms with Crippen molar-refractivity contribution in [3.8, 4) is 11.4 Å². The van der Waals surface area contributed by atoms with E-state index in [9.17, 15) is 9.90 Å². The topological polar surface area (TPSA) is 77.2 Å². The molecule has 6 heteroatoms. The maximum Gasteiger partial charge on any atom is 0.341 e. The fraction of sp³-hybridized carbons (Fsp3) is 0.357. The van der Waals surface area contributed by atoms with Crippen LogP contribution in [0.2, 0.25) is 0 Å². The Labute approximate surface area is 117 Å². The molecule has 1 aromatic carbocycles.